The highest BCUT2D eigenvalue weighted by Crippen LogP contribution is 2.37. The normalized spacial score (nSPS) is 21.8. The number of amidine groups is 1. The van der Waals surface area contributed by atoms with E-state index in [1.54, 1.807) is 0 Å². The maximum Gasteiger partial charge on any atom is 0.235 e. The average molecular weight is 454 g/mol. The molecule has 1 saturated heterocycles. The summed E-state index contributed by atoms with van der Waals surface area (Å²) in [7, 11) is 0. The number of aliphatic imine (C=N–C) groups is 1. The number of nitrogens with zero attached hydrogens (tertiary/aromatic N) is 3. The maximum atomic E-state index is 14.1. The van der Waals surface area contributed by atoms with Crippen molar-refractivity contribution in [1.29, 1.82) is 0 Å². The van der Waals surface area contributed by atoms with Crippen LogP contribution in [0.15, 0.2) is 96.0 Å². The van der Waals surface area contributed by atoms with Crippen molar-refractivity contribution in [3.63, 3.8) is 0 Å². The Morgan fingerprint density at radius 2 is 1.41 bits per heavy atom. The minimum atomic E-state index is -0.231. The predicted octanol–water partition coefficient (Wildman–Crippen LogP) is 4.46. The van der Waals surface area contributed by atoms with Gasteiger partial charge < -0.3 is 5.11 Å². The number of carbonyl (C=O) groups is 1. The standard InChI is InChI=1S/C29H31N3O2/c1-21-30-26-17-18-31(27(20-33)22-11-5-2-6-12-22)19-25(26)29(34)32(21)28(23-13-7-3-8-14-23)24-15-9-4-10-16-24/h2-16,25-28,33H,17-20H2,1H3. The Hall–Kier alpha value is -3.28. The topological polar surface area (TPSA) is 56.1 Å². The second kappa shape index (κ2) is 9.92. The summed E-state index contributed by atoms with van der Waals surface area (Å²) in [5.74, 6) is 0.661. The molecular weight excluding hydrogens is 422 g/mol. The molecule has 0 saturated carbocycles. The molecule has 0 aliphatic carbocycles. The lowest BCUT2D eigenvalue weighted by molar-refractivity contribution is -0.137. The first-order chi connectivity index (χ1) is 16.7. The summed E-state index contributed by atoms with van der Waals surface area (Å²) in [6, 6.07) is 30.1. The molecule has 2 aliphatic rings. The molecular formula is C29H31N3O2. The number of amides is 1. The van der Waals surface area contributed by atoms with E-state index in [2.05, 4.69) is 29.2 Å². The van der Waals surface area contributed by atoms with Crippen molar-refractivity contribution in [3.8, 4) is 0 Å². The van der Waals surface area contributed by atoms with E-state index in [1.807, 2.05) is 78.6 Å². The van der Waals surface area contributed by atoms with Crippen LogP contribution in [0.2, 0.25) is 0 Å². The second-order valence-electron chi connectivity index (χ2n) is 9.17. The van der Waals surface area contributed by atoms with Crippen LogP contribution < -0.4 is 0 Å². The number of likely N-dealkylation sites (tertiary alicyclic amines) is 1. The van der Waals surface area contributed by atoms with Gasteiger partial charge in [0.05, 0.1) is 30.7 Å². The lowest BCUT2D eigenvalue weighted by atomic mass is 9.86. The van der Waals surface area contributed by atoms with Gasteiger partial charge in [-0.15, -0.1) is 0 Å². The molecule has 0 aromatic heterocycles. The summed E-state index contributed by atoms with van der Waals surface area (Å²) in [4.78, 5) is 23.3. The lowest BCUT2D eigenvalue weighted by Crippen LogP contribution is -2.56. The third-order valence-corrected chi connectivity index (χ3v) is 7.15. The van der Waals surface area contributed by atoms with Crippen LogP contribution in [0.25, 0.3) is 0 Å². The first kappa shape index (κ1) is 22.5. The zero-order chi connectivity index (χ0) is 23.5. The van der Waals surface area contributed by atoms with Crippen LogP contribution in [0, 0.1) is 5.92 Å². The fraction of sp³-hybridized carbons (Fsp3) is 0.310. The minimum absolute atomic E-state index is 0.0117. The smallest absolute Gasteiger partial charge is 0.235 e. The molecule has 1 N–H and O–H groups in total. The summed E-state index contributed by atoms with van der Waals surface area (Å²) >= 11 is 0. The highest BCUT2D eigenvalue weighted by molar-refractivity contribution is 6.01. The molecule has 3 unspecified atom stereocenters. The minimum Gasteiger partial charge on any atom is -0.394 e. The van der Waals surface area contributed by atoms with Crippen LogP contribution in [-0.4, -0.2) is 52.4 Å². The van der Waals surface area contributed by atoms with Gasteiger partial charge in [-0.1, -0.05) is 91.0 Å². The Labute approximate surface area is 201 Å². The van der Waals surface area contributed by atoms with Crippen LogP contribution in [0.1, 0.15) is 42.1 Å². The number of hydrogen-bond acceptors (Lipinski definition) is 4. The number of carbonyl (C=O) groups excluding carboxylic acids is 1. The zero-order valence-electron chi connectivity index (χ0n) is 19.5. The van der Waals surface area contributed by atoms with E-state index in [0.29, 0.717) is 6.54 Å². The molecule has 5 heteroatoms. The van der Waals surface area contributed by atoms with Crippen LogP contribution in [-0.2, 0) is 4.79 Å². The highest BCUT2D eigenvalue weighted by Gasteiger charge is 2.44. The Bertz CT molecular complexity index is 1090. The highest BCUT2D eigenvalue weighted by atomic mass is 16.3. The fourth-order valence-corrected chi connectivity index (χ4v) is 5.47. The number of aliphatic hydroxyl groups is 1. The molecule has 2 heterocycles. The summed E-state index contributed by atoms with van der Waals surface area (Å²) < 4.78 is 0. The van der Waals surface area contributed by atoms with E-state index < -0.39 is 0 Å². The van der Waals surface area contributed by atoms with Gasteiger partial charge >= 0.3 is 0 Å². The maximum absolute atomic E-state index is 14.1. The average Bonchev–Trinajstić information content (AvgIpc) is 2.89. The molecule has 1 fully saturated rings. The Balaban J connectivity index is 1.48. The van der Waals surface area contributed by atoms with Crippen LogP contribution in [0.3, 0.4) is 0 Å². The largest absolute Gasteiger partial charge is 0.394 e. The molecule has 174 valence electrons. The van der Waals surface area contributed by atoms with E-state index in [-0.39, 0.29) is 36.6 Å². The molecule has 34 heavy (non-hydrogen) atoms. The van der Waals surface area contributed by atoms with Gasteiger partial charge in [0.2, 0.25) is 5.91 Å². The molecule has 3 aromatic rings. The van der Waals surface area contributed by atoms with Crippen molar-refractivity contribution in [3.05, 3.63) is 108 Å². The number of rotatable bonds is 6. The monoisotopic (exact) mass is 453 g/mol. The number of hydrogen-bond donors (Lipinski definition) is 1. The molecule has 0 radical (unpaired) electrons. The molecule has 0 spiro atoms. The van der Waals surface area contributed by atoms with E-state index in [1.165, 1.54) is 0 Å². The van der Waals surface area contributed by atoms with Crippen LogP contribution in [0.4, 0.5) is 0 Å². The number of aliphatic hydroxyl groups excluding tert-OH is 1. The molecule has 5 nitrogen and oxygen atoms in total. The molecule has 5 rings (SSSR count). The van der Waals surface area contributed by atoms with Gasteiger partial charge in [-0.3, -0.25) is 19.6 Å². The van der Waals surface area contributed by atoms with Gasteiger partial charge in [0.15, 0.2) is 0 Å². The fourth-order valence-electron chi connectivity index (χ4n) is 5.47. The van der Waals surface area contributed by atoms with Gasteiger partial charge in [-0.05, 0) is 30.0 Å². The zero-order valence-corrected chi connectivity index (χ0v) is 19.5. The van der Waals surface area contributed by atoms with Crippen LogP contribution in [0.5, 0.6) is 0 Å². The second-order valence-corrected chi connectivity index (χ2v) is 9.17. The first-order valence-corrected chi connectivity index (χ1v) is 12.0. The Morgan fingerprint density at radius 1 is 0.882 bits per heavy atom. The summed E-state index contributed by atoms with van der Waals surface area (Å²) in [6.07, 6.45) is 0.812. The van der Waals surface area contributed by atoms with Crippen molar-refractivity contribution in [1.82, 2.24) is 9.80 Å². The quantitative estimate of drug-likeness (QED) is 0.600. The van der Waals surface area contributed by atoms with E-state index in [9.17, 15) is 9.90 Å². The molecule has 0 bridgehead atoms. The molecule has 3 atom stereocenters. The van der Waals surface area contributed by atoms with Crippen molar-refractivity contribution in [2.75, 3.05) is 19.7 Å². The van der Waals surface area contributed by atoms with Gasteiger partial charge in [-0.25, -0.2) is 0 Å². The van der Waals surface area contributed by atoms with E-state index >= 15 is 0 Å². The summed E-state index contributed by atoms with van der Waals surface area (Å²) in [5.41, 5.74) is 3.22. The van der Waals surface area contributed by atoms with Crippen molar-refractivity contribution < 1.29 is 9.90 Å². The van der Waals surface area contributed by atoms with Gasteiger partial charge in [0, 0.05) is 13.1 Å². The molecule has 1 amide bonds. The van der Waals surface area contributed by atoms with Crippen molar-refractivity contribution >= 4 is 11.7 Å². The number of benzene rings is 3. The Morgan fingerprint density at radius 3 is 1.94 bits per heavy atom. The molecule has 2 aliphatic heterocycles. The third-order valence-electron chi connectivity index (χ3n) is 7.15. The third kappa shape index (κ3) is 4.29. The van der Waals surface area contributed by atoms with Crippen LogP contribution >= 0.6 is 0 Å². The number of piperidine rings is 1. The number of fused-ring (bicyclic) bond motifs is 1. The Kier molecular flexibility index (Phi) is 6.57. The van der Waals surface area contributed by atoms with Gasteiger partial charge in [0.1, 0.15) is 5.84 Å². The first-order valence-electron chi connectivity index (χ1n) is 12.0. The summed E-state index contributed by atoms with van der Waals surface area (Å²) in [5, 5.41) is 10.2. The SMILES string of the molecule is CC1=NC2CCN(C(CO)c3ccccc3)CC2C(=O)N1C(c1ccccc1)c1ccccc1. The van der Waals surface area contributed by atoms with Gasteiger partial charge in [-0.2, -0.15) is 0 Å². The van der Waals surface area contributed by atoms with Crippen molar-refractivity contribution in [2.45, 2.75) is 31.5 Å². The van der Waals surface area contributed by atoms with E-state index in [4.69, 9.17) is 4.99 Å². The van der Waals surface area contributed by atoms with Gasteiger partial charge in [0.25, 0.3) is 0 Å². The molecule has 3 aromatic carbocycles. The summed E-state index contributed by atoms with van der Waals surface area (Å²) in [6.45, 7) is 3.39. The lowest BCUT2D eigenvalue weighted by Gasteiger charge is -2.46. The predicted molar refractivity (Wildman–Crippen MR) is 134 cm³/mol. The van der Waals surface area contributed by atoms with Crippen molar-refractivity contribution in [2.24, 2.45) is 10.9 Å². The van der Waals surface area contributed by atoms with E-state index in [0.717, 1.165) is 35.5 Å².